The van der Waals surface area contributed by atoms with E-state index < -0.39 is 0 Å². The third-order valence-corrected chi connectivity index (χ3v) is 6.49. The highest BCUT2D eigenvalue weighted by atomic mass is 79.9. The van der Waals surface area contributed by atoms with Gasteiger partial charge in [-0.05, 0) is 78.6 Å². The molecule has 2 aromatic heterocycles. The summed E-state index contributed by atoms with van der Waals surface area (Å²) in [5.74, 6) is -0.0576. The molecule has 34 heavy (non-hydrogen) atoms. The highest BCUT2D eigenvalue weighted by Crippen LogP contribution is 2.29. The van der Waals surface area contributed by atoms with Crippen molar-refractivity contribution >= 4 is 44.8 Å². The minimum atomic E-state index is -0.0576. The van der Waals surface area contributed by atoms with Crippen LogP contribution in [0.5, 0.6) is 0 Å². The fourth-order valence-electron chi connectivity index (χ4n) is 3.96. The predicted octanol–water partition coefficient (Wildman–Crippen LogP) is 6.23. The summed E-state index contributed by atoms with van der Waals surface area (Å²) in [5, 5.41) is 8.00. The van der Waals surface area contributed by atoms with Gasteiger partial charge < -0.3 is 10.2 Å². The van der Waals surface area contributed by atoms with E-state index in [0.717, 1.165) is 65.1 Å². The molecule has 0 atom stereocenters. The van der Waals surface area contributed by atoms with E-state index in [1.54, 1.807) is 6.20 Å². The van der Waals surface area contributed by atoms with Crippen LogP contribution in [0.3, 0.4) is 0 Å². The second kappa shape index (κ2) is 11.1. The Balaban J connectivity index is 1.37. The van der Waals surface area contributed by atoms with Crippen molar-refractivity contribution in [2.24, 2.45) is 0 Å². The standard InChI is InChI=1S/C26H27BrClN5O/c1-18(34)30-20-12-10-19(11-13-20)17-32(2)14-6-5-7-21-15-25(22-8-3-4-9-24(22)28)31-26-23(27)16-29-33(21)26/h3-4,8-13,15-16H,5-7,14,17H2,1-2H3,(H,30,34). The molecule has 4 rings (SSSR count). The first kappa shape index (κ1) is 24.4. The molecule has 0 saturated carbocycles. The molecule has 0 aliphatic carbocycles. The Labute approximate surface area is 213 Å². The number of unbranched alkanes of at least 4 members (excludes halogenated alkanes) is 1. The zero-order valence-electron chi connectivity index (χ0n) is 19.3. The van der Waals surface area contributed by atoms with Crippen LogP contribution >= 0.6 is 27.5 Å². The summed E-state index contributed by atoms with van der Waals surface area (Å²) < 4.78 is 2.78. The third-order valence-electron chi connectivity index (χ3n) is 5.60. The molecule has 0 fully saturated rings. The van der Waals surface area contributed by atoms with E-state index in [1.807, 2.05) is 40.9 Å². The lowest BCUT2D eigenvalue weighted by Crippen LogP contribution is -2.19. The Morgan fingerprint density at radius 2 is 1.91 bits per heavy atom. The number of hydrogen-bond acceptors (Lipinski definition) is 4. The maximum atomic E-state index is 11.2. The molecule has 4 aromatic rings. The third kappa shape index (κ3) is 6.03. The number of carbonyl (C=O) groups excluding carboxylic acids is 1. The molecule has 0 unspecified atom stereocenters. The van der Waals surface area contributed by atoms with E-state index >= 15 is 0 Å². The van der Waals surface area contributed by atoms with Crippen LogP contribution in [-0.2, 0) is 17.8 Å². The topological polar surface area (TPSA) is 62.5 Å². The van der Waals surface area contributed by atoms with Gasteiger partial charge in [-0.2, -0.15) is 5.10 Å². The van der Waals surface area contributed by atoms with Crippen molar-refractivity contribution < 1.29 is 4.79 Å². The van der Waals surface area contributed by atoms with Gasteiger partial charge in [-0.15, -0.1) is 0 Å². The van der Waals surface area contributed by atoms with Crippen molar-refractivity contribution in [2.45, 2.75) is 32.7 Å². The number of anilines is 1. The van der Waals surface area contributed by atoms with E-state index in [2.05, 4.69) is 56.5 Å². The number of rotatable bonds is 9. The molecule has 0 aliphatic heterocycles. The van der Waals surface area contributed by atoms with Crippen LogP contribution in [0.25, 0.3) is 16.9 Å². The normalized spacial score (nSPS) is 11.3. The molecular weight excluding hydrogens is 514 g/mol. The summed E-state index contributed by atoms with van der Waals surface area (Å²) in [6, 6.07) is 17.9. The molecule has 0 saturated heterocycles. The molecule has 1 amide bonds. The van der Waals surface area contributed by atoms with Crippen LogP contribution in [0.15, 0.2) is 65.3 Å². The number of nitrogens with one attached hydrogen (secondary N) is 1. The van der Waals surface area contributed by atoms with Gasteiger partial charge in [-0.25, -0.2) is 9.50 Å². The average Bonchev–Trinajstić information content (AvgIpc) is 3.19. The van der Waals surface area contributed by atoms with Gasteiger partial charge in [0.05, 0.1) is 16.4 Å². The van der Waals surface area contributed by atoms with Crippen molar-refractivity contribution in [1.29, 1.82) is 0 Å². The summed E-state index contributed by atoms with van der Waals surface area (Å²) >= 11 is 10.0. The number of amides is 1. The van der Waals surface area contributed by atoms with Gasteiger partial charge in [-0.1, -0.05) is 41.9 Å². The van der Waals surface area contributed by atoms with E-state index in [9.17, 15) is 4.79 Å². The summed E-state index contributed by atoms with van der Waals surface area (Å²) in [5.41, 5.74) is 5.73. The largest absolute Gasteiger partial charge is 0.326 e. The van der Waals surface area contributed by atoms with Crippen LogP contribution in [0.1, 0.15) is 31.0 Å². The maximum Gasteiger partial charge on any atom is 0.221 e. The van der Waals surface area contributed by atoms with Gasteiger partial charge >= 0.3 is 0 Å². The van der Waals surface area contributed by atoms with Crippen LogP contribution in [0, 0.1) is 0 Å². The van der Waals surface area contributed by atoms with Crippen molar-refractivity contribution in [3.05, 3.63) is 81.5 Å². The molecule has 0 spiro atoms. The van der Waals surface area contributed by atoms with Crippen molar-refractivity contribution in [3.63, 3.8) is 0 Å². The number of aromatic nitrogens is 3. The molecule has 6 nitrogen and oxygen atoms in total. The molecule has 0 aliphatic rings. The first-order chi connectivity index (χ1) is 16.4. The summed E-state index contributed by atoms with van der Waals surface area (Å²) in [6.07, 6.45) is 4.77. The average molecular weight is 541 g/mol. The molecule has 8 heteroatoms. The lowest BCUT2D eigenvalue weighted by Gasteiger charge is -2.17. The molecule has 0 radical (unpaired) electrons. The van der Waals surface area contributed by atoms with E-state index in [-0.39, 0.29) is 5.91 Å². The number of fused-ring (bicyclic) bond motifs is 1. The SMILES string of the molecule is CC(=O)Nc1ccc(CN(C)CCCCc2cc(-c3ccccc3Cl)nc3c(Br)cnn23)cc1. The van der Waals surface area contributed by atoms with Gasteiger partial charge in [0.15, 0.2) is 5.65 Å². The highest BCUT2D eigenvalue weighted by molar-refractivity contribution is 9.10. The smallest absolute Gasteiger partial charge is 0.221 e. The van der Waals surface area contributed by atoms with Gasteiger partial charge in [0.2, 0.25) is 5.91 Å². The van der Waals surface area contributed by atoms with E-state index in [4.69, 9.17) is 16.6 Å². The van der Waals surface area contributed by atoms with Gasteiger partial charge in [0.1, 0.15) is 0 Å². The zero-order chi connectivity index (χ0) is 24.1. The number of aryl methyl sites for hydroxylation is 1. The van der Waals surface area contributed by atoms with Crippen molar-refractivity contribution in [3.8, 4) is 11.3 Å². The minimum absolute atomic E-state index is 0.0576. The van der Waals surface area contributed by atoms with Crippen LogP contribution in [0.2, 0.25) is 5.02 Å². The van der Waals surface area contributed by atoms with Crippen molar-refractivity contribution in [2.75, 3.05) is 18.9 Å². The van der Waals surface area contributed by atoms with Crippen LogP contribution in [0.4, 0.5) is 5.69 Å². The number of nitrogens with zero attached hydrogens (tertiary/aromatic N) is 4. The lowest BCUT2D eigenvalue weighted by molar-refractivity contribution is -0.114. The highest BCUT2D eigenvalue weighted by Gasteiger charge is 2.13. The van der Waals surface area contributed by atoms with Gasteiger partial charge in [-0.3, -0.25) is 4.79 Å². The summed E-state index contributed by atoms with van der Waals surface area (Å²) in [4.78, 5) is 18.3. The second-order valence-corrected chi connectivity index (χ2v) is 9.68. The van der Waals surface area contributed by atoms with E-state index in [1.165, 1.54) is 12.5 Å². The predicted molar refractivity (Wildman–Crippen MR) is 141 cm³/mol. The number of carbonyl (C=O) groups is 1. The number of benzene rings is 2. The summed E-state index contributed by atoms with van der Waals surface area (Å²) in [6.45, 7) is 3.37. The molecule has 0 bridgehead atoms. The fourth-order valence-corrected chi connectivity index (χ4v) is 4.54. The first-order valence-corrected chi connectivity index (χ1v) is 12.4. The Kier molecular flexibility index (Phi) is 7.98. The number of hydrogen-bond donors (Lipinski definition) is 1. The van der Waals surface area contributed by atoms with E-state index in [0.29, 0.717) is 5.02 Å². The Morgan fingerprint density at radius 1 is 1.15 bits per heavy atom. The second-order valence-electron chi connectivity index (χ2n) is 8.41. The quantitative estimate of drug-likeness (QED) is 0.256. The van der Waals surface area contributed by atoms with Crippen LogP contribution < -0.4 is 5.32 Å². The Bertz CT molecular complexity index is 1290. The number of halogens is 2. The Morgan fingerprint density at radius 3 is 2.65 bits per heavy atom. The monoisotopic (exact) mass is 539 g/mol. The zero-order valence-corrected chi connectivity index (χ0v) is 21.6. The van der Waals surface area contributed by atoms with Gasteiger partial charge in [0, 0.05) is 35.4 Å². The van der Waals surface area contributed by atoms with Crippen LogP contribution in [-0.4, -0.2) is 39.0 Å². The minimum Gasteiger partial charge on any atom is -0.326 e. The lowest BCUT2D eigenvalue weighted by atomic mass is 10.1. The van der Waals surface area contributed by atoms with Crippen molar-refractivity contribution in [1.82, 2.24) is 19.5 Å². The molecule has 1 N–H and O–H groups in total. The maximum absolute atomic E-state index is 11.2. The molecule has 2 heterocycles. The molecular formula is C26H27BrClN5O. The molecule has 2 aromatic carbocycles. The fraction of sp³-hybridized carbons (Fsp3) is 0.269. The van der Waals surface area contributed by atoms with Gasteiger partial charge in [0.25, 0.3) is 0 Å². The first-order valence-electron chi connectivity index (χ1n) is 11.2. The summed E-state index contributed by atoms with van der Waals surface area (Å²) in [7, 11) is 2.13. The Hall–Kier alpha value is -2.74. The molecule has 176 valence electrons.